The molecule has 4 heteroatoms. The Bertz CT molecular complexity index is 1070. The predicted octanol–water partition coefficient (Wildman–Crippen LogP) is 5.36. The molecule has 130 valence electrons. The predicted molar refractivity (Wildman–Crippen MR) is 100 cm³/mol. The van der Waals surface area contributed by atoms with E-state index in [1.807, 2.05) is 66.2 Å². The molecule has 3 aromatic carbocycles. The van der Waals surface area contributed by atoms with Gasteiger partial charge in [0.2, 0.25) is 0 Å². The van der Waals surface area contributed by atoms with E-state index in [4.69, 9.17) is 4.74 Å². The molecule has 4 aromatic rings. The van der Waals surface area contributed by atoms with Gasteiger partial charge < -0.3 is 14.4 Å². The first kappa shape index (κ1) is 16.2. The highest BCUT2D eigenvalue weighted by atomic mass is 19.1. The Hall–Kier alpha value is -3.27. The molecule has 0 aliphatic heterocycles. The van der Waals surface area contributed by atoms with Crippen LogP contribution < -0.4 is 4.74 Å². The quantitative estimate of drug-likeness (QED) is 0.539. The smallest absolute Gasteiger partial charge is 0.166 e. The van der Waals surface area contributed by atoms with Gasteiger partial charge in [-0.15, -0.1) is 0 Å². The van der Waals surface area contributed by atoms with Crippen LogP contribution in [0.3, 0.4) is 0 Å². The fourth-order valence-corrected chi connectivity index (χ4v) is 3.16. The Morgan fingerprint density at radius 3 is 2.58 bits per heavy atom. The zero-order chi connectivity index (χ0) is 18.1. The van der Waals surface area contributed by atoms with Crippen LogP contribution in [0.1, 0.15) is 11.1 Å². The molecular formula is C22H18FNO2. The van der Waals surface area contributed by atoms with E-state index in [1.54, 1.807) is 6.07 Å². The average Bonchev–Trinajstić information content (AvgIpc) is 3.01. The van der Waals surface area contributed by atoms with Crippen LogP contribution in [-0.2, 0) is 6.61 Å². The van der Waals surface area contributed by atoms with Crippen molar-refractivity contribution in [1.29, 1.82) is 0 Å². The number of phenolic OH excluding ortho intramolecular Hbond substituents is 1. The van der Waals surface area contributed by atoms with Crippen molar-refractivity contribution in [3.05, 3.63) is 89.9 Å². The Kier molecular flexibility index (Phi) is 4.09. The molecule has 1 N–H and O–H groups in total. The number of ether oxygens (including phenoxy) is 1. The number of halogens is 1. The SMILES string of the molecule is Cc1cn(-c2ccc(O)c(F)c2)c2cccc(OCc3ccccc3)c12. The van der Waals surface area contributed by atoms with Gasteiger partial charge in [0.25, 0.3) is 0 Å². The van der Waals surface area contributed by atoms with Crippen molar-refractivity contribution in [1.82, 2.24) is 4.57 Å². The molecule has 0 fully saturated rings. The van der Waals surface area contributed by atoms with Crippen molar-refractivity contribution < 1.29 is 14.2 Å². The summed E-state index contributed by atoms with van der Waals surface area (Å²) >= 11 is 0. The number of rotatable bonds is 4. The number of fused-ring (bicyclic) bond motifs is 1. The second kappa shape index (κ2) is 6.56. The van der Waals surface area contributed by atoms with Crippen LogP contribution in [0.15, 0.2) is 72.9 Å². The van der Waals surface area contributed by atoms with Gasteiger partial charge in [-0.05, 0) is 42.3 Å². The number of hydrogen-bond donors (Lipinski definition) is 1. The maximum Gasteiger partial charge on any atom is 0.166 e. The van der Waals surface area contributed by atoms with Gasteiger partial charge in [0.05, 0.1) is 5.52 Å². The number of hydrogen-bond acceptors (Lipinski definition) is 2. The molecule has 4 rings (SSSR count). The summed E-state index contributed by atoms with van der Waals surface area (Å²) in [5.41, 5.74) is 3.72. The number of aryl methyl sites for hydroxylation is 1. The second-order valence-electron chi connectivity index (χ2n) is 6.24. The van der Waals surface area contributed by atoms with Crippen LogP contribution in [0.25, 0.3) is 16.6 Å². The number of aromatic nitrogens is 1. The summed E-state index contributed by atoms with van der Waals surface area (Å²) in [5, 5.41) is 10.4. The summed E-state index contributed by atoms with van der Waals surface area (Å²) < 4.78 is 21.7. The average molecular weight is 347 g/mol. The molecular weight excluding hydrogens is 329 g/mol. The highest BCUT2D eigenvalue weighted by molar-refractivity contribution is 5.91. The third kappa shape index (κ3) is 2.90. The molecule has 26 heavy (non-hydrogen) atoms. The molecule has 0 aliphatic rings. The standard InChI is InChI=1S/C22H18FNO2/c1-15-13-24(17-10-11-20(25)18(23)12-17)19-8-5-9-21(22(15)19)26-14-16-6-3-2-4-7-16/h2-13,25H,14H2,1H3. The van der Waals surface area contributed by atoms with Crippen LogP contribution >= 0.6 is 0 Å². The van der Waals surface area contributed by atoms with E-state index in [1.165, 1.54) is 12.1 Å². The lowest BCUT2D eigenvalue weighted by Crippen LogP contribution is -1.96. The summed E-state index contributed by atoms with van der Waals surface area (Å²) in [5.74, 6) is -0.200. The van der Waals surface area contributed by atoms with Crippen molar-refractivity contribution >= 4 is 10.9 Å². The molecule has 0 atom stereocenters. The van der Waals surface area contributed by atoms with E-state index in [2.05, 4.69) is 0 Å². The van der Waals surface area contributed by atoms with Crippen molar-refractivity contribution in [3.63, 3.8) is 0 Å². The molecule has 0 radical (unpaired) electrons. The van der Waals surface area contributed by atoms with Gasteiger partial charge in [-0.3, -0.25) is 0 Å². The summed E-state index contributed by atoms with van der Waals surface area (Å²) in [7, 11) is 0. The monoisotopic (exact) mass is 347 g/mol. The van der Waals surface area contributed by atoms with E-state index < -0.39 is 5.82 Å². The molecule has 0 unspecified atom stereocenters. The Balaban J connectivity index is 1.75. The Morgan fingerprint density at radius 2 is 1.81 bits per heavy atom. The minimum Gasteiger partial charge on any atom is -0.505 e. The first-order valence-corrected chi connectivity index (χ1v) is 8.40. The summed E-state index contributed by atoms with van der Waals surface area (Å²) in [6.07, 6.45) is 1.95. The van der Waals surface area contributed by atoms with E-state index in [0.717, 1.165) is 27.8 Å². The van der Waals surface area contributed by atoms with Gasteiger partial charge in [0, 0.05) is 23.3 Å². The van der Waals surface area contributed by atoms with Gasteiger partial charge in [-0.25, -0.2) is 4.39 Å². The fourth-order valence-electron chi connectivity index (χ4n) is 3.16. The summed E-state index contributed by atoms with van der Waals surface area (Å²) in [4.78, 5) is 0. The topological polar surface area (TPSA) is 34.4 Å². The van der Waals surface area contributed by atoms with Crippen LogP contribution in [0, 0.1) is 12.7 Å². The van der Waals surface area contributed by atoms with Gasteiger partial charge in [0.15, 0.2) is 11.6 Å². The zero-order valence-corrected chi connectivity index (χ0v) is 14.3. The molecule has 0 saturated carbocycles. The van der Waals surface area contributed by atoms with Crippen molar-refractivity contribution in [2.24, 2.45) is 0 Å². The van der Waals surface area contributed by atoms with E-state index in [0.29, 0.717) is 12.3 Å². The minimum atomic E-state index is -0.640. The molecule has 0 saturated heterocycles. The van der Waals surface area contributed by atoms with Gasteiger partial charge in [0.1, 0.15) is 12.4 Å². The van der Waals surface area contributed by atoms with Crippen molar-refractivity contribution in [3.8, 4) is 17.2 Å². The molecule has 0 amide bonds. The van der Waals surface area contributed by atoms with Crippen LogP contribution in [0.2, 0.25) is 0 Å². The largest absolute Gasteiger partial charge is 0.505 e. The number of phenols is 1. The lowest BCUT2D eigenvalue weighted by molar-refractivity contribution is 0.310. The normalized spacial score (nSPS) is 11.0. The Labute approximate surface area is 150 Å². The Morgan fingerprint density at radius 1 is 1.00 bits per heavy atom. The highest BCUT2D eigenvalue weighted by Crippen LogP contribution is 2.33. The first-order chi connectivity index (χ1) is 12.6. The zero-order valence-electron chi connectivity index (χ0n) is 14.3. The number of aromatic hydroxyl groups is 1. The minimum absolute atomic E-state index is 0.353. The van der Waals surface area contributed by atoms with Crippen LogP contribution in [0.4, 0.5) is 4.39 Å². The highest BCUT2D eigenvalue weighted by Gasteiger charge is 2.13. The van der Waals surface area contributed by atoms with Crippen LogP contribution in [0.5, 0.6) is 11.5 Å². The van der Waals surface area contributed by atoms with E-state index in [-0.39, 0.29) is 5.75 Å². The third-order valence-electron chi connectivity index (χ3n) is 4.43. The number of benzene rings is 3. The van der Waals surface area contributed by atoms with Gasteiger partial charge in [-0.2, -0.15) is 0 Å². The van der Waals surface area contributed by atoms with Crippen molar-refractivity contribution in [2.45, 2.75) is 13.5 Å². The molecule has 0 bridgehead atoms. The van der Waals surface area contributed by atoms with Crippen LogP contribution in [-0.4, -0.2) is 9.67 Å². The summed E-state index contributed by atoms with van der Waals surface area (Å²) in [6.45, 7) is 2.49. The van der Waals surface area contributed by atoms with Gasteiger partial charge in [-0.1, -0.05) is 36.4 Å². The maximum absolute atomic E-state index is 13.8. The molecule has 1 heterocycles. The second-order valence-corrected chi connectivity index (χ2v) is 6.24. The van der Waals surface area contributed by atoms with Crippen molar-refractivity contribution in [2.75, 3.05) is 0 Å². The van der Waals surface area contributed by atoms with E-state index >= 15 is 0 Å². The summed E-state index contributed by atoms with van der Waals surface area (Å²) in [6, 6.07) is 20.2. The lowest BCUT2D eigenvalue weighted by Gasteiger charge is -2.10. The first-order valence-electron chi connectivity index (χ1n) is 8.40. The molecule has 3 nitrogen and oxygen atoms in total. The maximum atomic E-state index is 13.8. The molecule has 0 spiro atoms. The number of nitrogens with zero attached hydrogens (tertiary/aromatic N) is 1. The lowest BCUT2D eigenvalue weighted by atomic mass is 10.1. The third-order valence-corrected chi connectivity index (χ3v) is 4.43. The van der Waals surface area contributed by atoms with E-state index in [9.17, 15) is 9.50 Å². The molecule has 0 aliphatic carbocycles. The fraction of sp³-hybridized carbons (Fsp3) is 0.0909. The van der Waals surface area contributed by atoms with Gasteiger partial charge >= 0.3 is 0 Å². The molecule has 1 aromatic heterocycles.